The second-order valence-electron chi connectivity index (χ2n) is 2.91. The number of rotatable bonds is 4. The molecule has 0 heterocycles. The standard InChI is InChI=1S/C10H10Cl2O3S/c1-15-9(13)2-3-16-6-4-7(11)10(14)8(12)5-6/h4-5,14H,2-3H2,1H3. The Morgan fingerprint density at radius 1 is 1.44 bits per heavy atom. The average molecular weight is 281 g/mol. The Morgan fingerprint density at radius 3 is 2.50 bits per heavy atom. The van der Waals surface area contributed by atoms with Gasteiger partial charge in [-0.3, -0.25) is 4.79 Å². The quantitative estimate of drug-likeness (QED) is 0.679. The normalized spacial score (nSPS) is 10.2. The highest BCUT2D eigenvalue weighted by molar-refractivity contribution is 7.99. The van der Waals surface area contributed by atoms with Gasteiger partial charge in [-0.05, 0) is 12.1 Å². The third-order valence-corrected chi connectivity index (χ3v) is 3.35. The second-order valence-corrected chi connectivity index (χ2v) is 4.89. The highest BCUT2D eigenvalue weighted by Gasteiger charge is 2.07. The van der Waals surface area contributed by atoms with Crippen LogP contribution in [-0.4, -0.2) is 23.9 Å². The zero-order valence-corrected chi connectivity index (χ0v) is 10.8. The molecule has 0 amide bonds. The van der Waals surface area contributed by atoms with E-state index in [0.717, 1.165) is 4.90 Å². The summed E-state index contributed by atoms with van der Waals surface area (Å²) in [6.45, 7) is 0. The Kier molecular flexibility index (Phi) is 5.25. The molecule has 0 saturated heterocycles. The predicted molar refractivity (Wildman–Crippen MR) is 65.5 cm³/mol. The molecular formula is C10H10Cl2O3S. The fraction of sp³-hybridized carbons (Fsp3) is 0.300. The molecule has 1 rings (SSSR count). The molecule has 88 valence electrons. The lowest BCUT2D eigenvalue weighted by Gasteiger charge is -2.04. The van der Waals surface area contributed by atoms with Crippen molar-refractivity contribution in [2.75, 3.05) is 12.9 Å². The Bertz CT molecular complexity index is 373. The zero-order valence-electron chi connectivity index (χ0n) is 8.50. The molecule has 0 spiro atoms. The second kappa shape index (κ2) is 6.23. The number of benzene rings is 1. The summed E-state index contributed by atoms with van der Waals surface area (Å²) < 4.78 is 4.51. The lowest BCUT2D eigenvalue weighted by Crippen LogP contribution is -2.00. The van der Waals surface area contributed by atoms with Crippen molar-refractivity contribution >= 4 is 40.9 Å². The minimum Gasteiger partial charge on any atom is -0.505 e. The van der Waals surface area contributed by atoms with Gasteiger partial charge in [0.05, 0.1) is 23.6 Å². The van der Waals surface area contributed by atoms with Gasteiger partial charge in [-0.25, -0.2) is 0 Å². The van der Waals surface area contributed by atoms with E-state index in [2.05, 4.69) is 4.74 Å². The number of hydrogen-bond acceptors (Lipinski definition) is 4. The van der Waals surface area contributed by atoms with Crippen LogP contribution in [0, 0.1) is 0 Å². The summed E-state index contributed by atoms with van der Waals surface area (Å²) in [6.07, 6.45) is 0.317. The van der Waals surface area contributed by atoms with Crippen LogP contribution in [0.25, 0.3) is 0 Å². The van der Waals surface area contributed by atoms with Gasteiger partial charge in [0.15, 0.2) is 5.75 Å². The van der Waals surface area contributed by atoms with E-state index in [9.17, 15) is 9.90 Å². The number of carbonyl (C=O) groups is 1. The number of phenols is 1. The summed E-state index contributed by atoms with van der Waals surface area (Å²) in [5, 5.41) is 9.74. The van der Waals surface area contributed by atoms with Gasteiger partial charge < -0.3 is 9.84 Å². The fourth-order valence-corrected chi connectivity index (χ4v) is 2.50. The van der Waals surface area contributed by atoms with Gasteiger partial charge in [-0.1, -0.05) is 23.2 Å². The number of phenolic OH excluding ortho intramolecular Hbond substituents is 1. The molecule has 0 aliphatic heterocycles. The number of hydrogen-bond donors (Lipinski definition) is 1. The van der Waals surface area contributed by atoms with Crippen LogP contribution in [-0.2, 0) is 9.53 Å². The van der Waals surface area contributed by atoms with Crippen LogP contribution in [0.1, 0.15) is 6.42 Å². The van der Waals surface area contributed by atoms with Gasteiger partial charge in [-0.15, -0.1) is 11.8 Å². The summed E-state index contributed by atoms with van der Waals surface area (Å²) in [6, 6.07) is 3.20. The van der Waals surface area contributed by atoms with Crippen molar-refractivity contribution in [3.63, 3.8) is 0 Å². The molecule has 0 saturated carbocycles. The Balaban J connectivity index is 2.58. The predicted octanol–water partition coefficient (Wildman–Crippen LogP) is 3.35. The van der Waals surface area contributed by atoms with Crippen LogP contribution in [0.4, 0.5) is 0 Å². The van der Waals surface area contributed by atoms with E-state index in [1.807, 2.05) is 0 Å². The molecule has 16 heavy (non-hydrogen) atoms. The third-order valence-electron chi connectivity index (χ3n) is 1.79. The lowest BCUT2D eigenvalue weighted by atomic mass is 10.3. The molecular weight excluding hydrogens is 271 g/mol. The number of aromatic hydroxyl groups is 1. The van der Waals surface area contributed by atoms with E-state index in [-0.39, 0.29) is 21.8 Å². The minimum atomic E-state index is -0.261. The van der Waals surface area contributed by atoms with E-state index in [1.54, 1.807) is 12.1 Å². The summed E-state index contributed by atoms with van der Waals surface area (Å²) >= 11 is 12.9. The van der Waals surface area contributed by atoms with E-state index in [1.165, 1.54) is 18.9 Å². The van der Waals surface area contributed by atoms with Crippen molar-refractivity contribution in [3.8, 4) is 5.75 Å². The molecule has 1 N–H and O–H groups in total. The molecule has 0 aliphatic carbocycles. The molecule has 0 bridgehead atoms. The molecule has 3 nitrogen and oxygen atoms in total. The molecule has 0 radical (unpaired) electrons. The SMILES string of the molecule is COC(=O)CCSc1cc(Cl)c(O)c(Cl)c1. The molecule has 1 aromatic rings. The number of halogens is 2. The monoisotopic (exact) mass is 280 g/mol. The number of esters is 1. The van der Waals surface area contributed by atoms with Crippen molar-refractivity contribution in [2.45, 2.75) is 11.3 Å². The zero-order chi connectivity index (χ0) is 12.1. The minimum absolute atomic E-state index is 0.124. The average Bonchev–Trinajstić information content (AvgIpc) is 2.25. The lowest BCUT2D eigenvalue weighted by molar-refractivity contribution is -0.140. The van der Waals surface area contributed by atoms with Gasteiger partial charge in [0.2, 0.25) is 0 Å². The molecule has 1 aromatic carbocycles. The van der Waals surface area contributed by atoms with Crippen molar-refractivity contribution < 1.29 is 14.6 Å². The Labute approximate surface area is 108 Å². The van der Waals surface area contributed by atoms with Crippen molar-refractivity contribution in [1.29, 1.82) is 0 Å². The summed E-state index contributed by atoms with van der Waals surface area (Å²) in [5.74, 6) is 0.188. The maximum absolute atomic E-state index is 10.9. The first-order valence-corrected chi connectivity index (χ1v) is 6.16. The fourth-order valence-electron chi connectivity index (χ4n) is 0.980. The van der Waals surface area contributed by atoms with Crippen LogP contribution in [0.15, 0.2) is 17.0 Å². The van der Waals surface area contributed by atoms with E-state index in [0.29, 0.717) is 12.2 Å². The molecule has 0 unspecified atom stereocenters. The number of carbonyl (C=O) groups excluding carboxylic acids is 1. The molecule has 0 aliphatic rings. The van der Waals surface area contributed by atoms with Crippen LogP contribution >= 0.6 is 35.0 Å². The molecule has 0 atom stereocenters. The molecule has 0 aromatic heterocycles. The first-order valence-electron chi connectivity index (χ1n) is 4.42. The summed E-state index contributed by atoms with van der Waals surface area (Å²) in [5.41, 5.74) is 0. The first-order chi connectivity index (χ1) is 7.54. The van der Waals surface area contributed by atoms with E-state index in [4.69, 9.17) is 23.2 Å². The van der Waals surface area contributed by atoms with E-state index < -0.39 is 0 Å². The molecule has 0 fully saturated rings. The maximum atomic E-state index is 10.9. The largest absolute Gasteiger partial charge is 0.505 e. The van der Waals surface area contributed by atoms with Crippen LogP contribution in [0.2, 0.25) is 10.0 Å². The third kappa shape index (κ3) is 3.77. The number of thioether (sulfide) groups is 1. The molecule has 6 heteroatoms. The Hall–Kier alpha value is -0.580. The van der Waals surface area contributed by atoms with Crippen LogP contribution in [0.3, 0.4) is 0 Å². The van der Waals surface area contributed by atoms with Crippen molar-refractivity contribution in [3.05, 3.63) is 22.2 Å². The number of ether oxygens (including phenoxy) is 1. The Morgan fingerprint density at radius 2 is 2.00 bits per heavy atom. The first kappa shape index (κ1) is 13.5. The highest BCUT2D eigenvalue weighted by Crippen LogP contribution is 2.36. The van der Waals surface area contributed by atoms with Gasteiger partial charge in [0, 0.05) is 10.6 Å². The van der Waals surface area contributed by atoms with Gasteiger partial charge >= 0.3 is 5.97 Å². The van der Waals surface area contributed by atoms with E-state index >= 15 is 0 Å². The maximum Gasteiger partial charge on any atom is 0.306 e. The summed E-state index contributed by atoms with van der Waals surface area (Å²) in [7, 11) is 1.35. The van der Waals surface area contributed by atoms with Crippen LogP contribution < -0.4 is 0 Å². The summed E-state index contributed by atoms with van der Waals surface area (Å²) in [4.78, 5) is 11.7. The number of methoxy groups -OCH3 is 1. The topological polar surface area (TPSA) is 46.5 Å². The van der Waals surface area contributed by atoms with Gasteiger partial charge in [0.1, 0.15) is 0 Å². The van der Waals surface area contributed by atoms with Gasteiger partial charge in [0.25, 0.3) is 0 Å². The van der Waals surface area contributed by atoms with Crippen LogP contribution in [0.5, 0.6) is 5.75 Å². The smallest absolute Gasteiger partial charge is 0.306 e. The van der Waals surface area contributed by atoms with Crippen molar-refractivity contribution in [2.24, 2.45) is 0 Å². The highest BCUT2D eigenvalue weighted by atomic mass is 35.5. The van der Waals surface area contributed by atoms with Crippen molar-refractivity contribution in [1.82, 2.24) is 0 Å². The van der Waals surface area contributed by atoms with Gasteiger partial charge in [-0.2, -0.15) is 0 Å².